The van der Waals surface area contributed by atoms with Crippen molar-refractivity contribution in [1.29, 1.82) is 5.26 Å². The first-order valence-electron chi connectivity index (χ1n) is 10.9. The second-order valence-electron chi connectivity index (χ2n) is 7.61. The van der Waals surface area contributed by atoms with Gasteiger partial charge in [-0.2, -0.15) is 5.26 Å². The van der Waals surface area contributed by atoms with Crippen molar-refractivity contribution in [2.24, 2.45) is 0 Å². The molecule has 0 aliphatic heterocycles. The van der Waals surface area contributed by atoms with Crippen molar-refractivity contribution >= 4 is 44.3 Å². The fraction of sp³-hybridized carbons (Fsp3) is 0.154. The maximum Gasteiger partial charge on any atom is 0.269 e. The fourth-order valence-corrected chi connectivity index (χ4v) is 3.95. The van der Waals surface area contributed by atoms with Crippen LogP contribution in [0.5, 0.6) is 17.2 Å². The van der Waals surface area contributed by atoms with Gasteiger partial charge in [0.05, 0.1) is 35.2 Å². The number of allylic oxidation sites excluding steroid dienone is 1. The van der Waals surface area contributed by atoms with Gasteiger partial charge in [0.15, 0.2) is 11.5 Å². The highest BCUT2D eigenvalue weighted by Gasteiger charge is 2.14. The Morgan fingerprint density at radius 3 is 2.72 bits per heavy atom. The maximum absolute atomic E-state index is 11.0. The standard InChI is InChI=1S/C26H21BrN4O5/c1-3-35-24-11-17(10-18(14-28)26-29-22-8-7-20(34-2)12-23(22)30-26)21(27)13-25(24)36-15-16-5-4-6-19(9-16)31(32)33/h4-13H,3,15H2,1-2H3,(H,29,30)/b18-10-. The van der Waals surface area contributed by atoms with Crippen LogP contribution in [0.25, 0.3) is 22.7 Å². The summed E-state index contributed by atoms with van der Waals surface area (Å²) in [5.74, 6) is 2.05. The monoisotopic (exact) mass is 548 g/mol. The number of halogens is 1. The number of nitrogens with one attached hydrogen (secondary N) is 1. The Morgan fingerprint density at radius 2 is 2.00 bits per heavy atom. The normalized spacial score (nSPS) is 11.2. The van der Waals surface area contributed by atoms with Crippen LogP contribution in [0, 0.1) is 21.4 Å². The van der Waals surface area contributed by atoms with E-state index in [1.54, 1.807) is 43.5 Å². The first-order chi connectivity index (χ1) is 17.4. The number of nitriles is 1. The lowest BCUT2D eigenvalue weighted by molar-refractivity contribution is -0.384. The minimum atomic E-state index is -0.446. The van der Waals surface area contributed by atoms with E-state index in [1.807, 2.05) is 19.1 Å². The van der Waals surface area contributed by atoms with E-state index >= 15 is 0 Å². The zero-order valence-corrected chi connectivity index (χ0v) is 21.0. The summed E-state index contributed by atoms with van der Waals surface area (Å²) >= 11 is 3.55. The molecule has 4 aromatic rings. The Labute approximate surface area is 215 Å². The third-order valence-corrected chi connectivity index (χ3v) is 5.93. The lowest BCUT2D eigenvalue weighted by Gasteiger charge is -2.14. The summed E-state index contributed by atoms with van der Waals surface area (Å²) in [6, 6.07) is 17.4. The number of aromatic nitrogens is 2. The van der Waals surface area contributed by atoms with Gasteiger partial charge in [0.25, 0.3) is 5.69 Å². The lowest BCUT2D eigenvalue weighted by Crippen LogP contribution is -2.01. The Morgan fingerprint density at radius 1 is 1.19 bits per heavy atom. The third kappa shape index (κ3) is 5.47. The molecule has 0 spiro atoms. The molecule has 9 nitrogen and oxygen atoms in total. The number of aromatic amines is 1. The molecular formula is C26H21BrN4O5. The van der Waals surface area contributed by atoms with Crippen molar-refractivity contribution in [2.75, 3.05) is 13.7 Å². The summed E-state index contributed by atoms with van der Waals surface area (Å²) in [5, 5.41) is 20.9. The smallest absolute Gasteiger partial charge is 0.269 e. The Balaban J connectivity index is 1.64. The Bertz CT molecular complexity index is 1510. The SMILES string of the molecule is CCOc1cc(/C=C(/C#N)c2nc3ccc(OC)cc3[nH]2)c(Br)cc1OCc1cccc([N+](=O)[O-])c1. The topological polar surface area (TPSA) is 123 Å². The molecule has 0 bridgehead atoms. The van der Waals surface area contributed by atoms with E-state index in [0.29, 0.717) is 56.4 Å². The molecule has 1 heterocycles. The summed E-state index contributed by atoms with van der Waals surface area (Å²) in [6.45, 7) is 2.37. The lowest BCUT2D eigenvalue weighted by atomic mass is 10.1. The average molecular weight is 549 g/mol. The number of fused-ring (bicyclic) bond motifs is 1. The van der Waals surface area contributed by atoms with Crippen LogP contribution >= 0.6 is 15.9 Å². The minimum Gasteiger partial charge on any atom is -0.497 e. The number of hydrogen-bond acceptors (Lipinski definition) is 7. The third-order valence-electron chi connectivity index (χ3n) is 5.24. The van der Waals surface area contributed by atoms with Crippen molar-refractivity contribution in [3.63, 3.8) is 0 Å². The predicted octanol–water partition coefficient (Wildman–Crippen LogP) is 6.28. The van der Waals surface area contributed by atoms with Gasteiger partial charge in [0.2, 0.25) is 0 Å². The van der Waals surface area contributed by atoms with Gasteiger partial charge in [-0.05, 0) is 48.4 Å². The van der Waals surface area contributed by atoms with Gasteiger partial charge in [-0.1, -0.05) is 28.1 Å². The van der Waals surface area contributed by atoms with Crippen LogP contribution in [0.1, 0.15) is 23.9 Å². The van der Waals surface area contributed by atoms with Gasteiger partial charge in [-0.25, -0.2) is 4.98 Å². The fourth-order valence-electron chi connectivity index (χ4n) is 3.52. The largest absolute Gasteiger partial charge is 0.497 e. The second-order valence-corrected chi connectivity index (χ2v) is 8.46. The molecule has 1 aromatic heterocycles. The molecule has 0 fully saturated rings. The van der Waals surface area contributed by atoms with Crippen molar-refractivity contribution < 1.29 is 19.1 Å². The molecule has 10 heteroatoms. The summed E-state index contributed by atoms with van der Waals surface area (Å²) < 4.78 is 17.6. The number of nitro groups is 1. The van der Waals surface area contributed by atoms with Crippen LogP contribution in [0.3, 0.4) is 0 Å². The molecular weight excluding hydrogens is 528 g/mol. The minimum absolute atomic E-state index is 0.00383. The molecule has 4 rings (SSSR count). The van der Waals surface area contributed by atoms with Crippen molar-refractivity contribution in [1.82, 2.24) is 9.97 Å². The van der Waals surface area contributed by atoms with E-state index < -0.39 is 4.92 Å². The van der Waals surface area contributed by atoms with E-state index in [0.717, 1.165) is 5.52 Å². The Hall–Kier alpha value is -4.36. The van der Waals surface area contributed by atoms with E-state index in [9.17, 15) is 15.4 Å². The number of ether oxygens (including phenoxy) is 3. The predicted molar refractivity (Wildman–Crippen MR) is 139 cm³/mol. The first kappa shape index (κ1) is 24.8. The van der Waals surface area contributed by atoms with Gasteiger partial charge in [-0.15, -0.1) is 0 Å². The van der Waals surface area contributed by atoms with Gasteiger partial charge >= 0.3 is 0 Å². The summed E-state index contributed by atoms with van der Waals surface area (Å²) in [5.41, 5.74) is 3.14. The number of H-pyrrole nitrogens is 1. The number of hydrogen-bond donors (Lipinski definition) is 1. The van der Waals surface area contributed by atoms with Crippen LogP contribution in [0.15, 0.2) is 59.1 Å². The molecule has 0 unspecified atom stereocenters. The van der Waals surface area contributed by atoms with Crippen LogP contribution < -0.4 is 14.2 Å². The van der Waals surface area contributed by atoms with Gasteiger partial charge in [-0.3, -0.25) is 10.1 Å². The van der Waals surface area contributed by atoms with Crippen LogP contribution in [0.2, 0.25) is 0 Å². The molecule has 0 amide bonds. The zero-order valence-electron chi connectivity index (χ0n) is 19.4. The maximum atomic E-state index is 11.0. The average Bonchev–Trinajstić information content (AvgIpc) is 3.31. The van der Waals surface area contributed by atoms with Crippen molar-refractivity contribution in [2.45, 2.75) is 13.5 Å². The molecule has 182 valence electrons. The quantitative estimate of drug-likeness (QED) is 0.148. The highest BCUT2D eigenvalue weighted by molar-refractivity contribution is 9.10. The number of imidazole rings is 1. The molecule has 1 N–H and O–H groups in total. The summed E-state index contributed by atoms with van der Waals surface area (Å²) in [7, 11) is 1.59. The molecule has 0 aliphatic rings. The number of nitro benzene ring substituents is 1. The molecule has 36 heavy (non-hydrogen) atoms. The highest BCUT2D eigenvalue weighted by atomic mass is 79.9. The van der Waals surface area contributed by atoms with Crippen LogP contribution in [-0.4, -0.2) is 28.6 Å². The molecule has 0 saturated heterocycles. The number of methoxy groups -OCH3 is 1. The van der Waals surface area contributed by atoms with Crippen molar-refractivity contribution in [3.05, 3.63) is 86.1 Å². The molecule has 3 aromatic carbocycles. The summed E-state index contributed by atoms with van der Waals surface area (Å²) in [6.07, 6.45) is 1.70. The molecule has 0 aliphatic carbocycles. The van der Waals surface area contributed by atoms with Crippen LogP contribution in [0.4, 0.5) is 5.69 Å². The van der Waals surface area contributed by atoms with Crippen molar-refractivity contribution in [3.8, 4) is 23.3 Å². The number of benzene rings is 3. The Kier molecular flexibility index (Phi) is 7.51. The van der Waals surface area contributed by atoms with Gasteiger partial charge in [0.1, 0.15) is 24.3 Å². The number of rotatable bonds is 9. The molecule has 0 radical (unpaired) electrons. The number of nitrogens with zero attached hydrogens (tertiary/aromatic N) is 3. The van der Waals surface area contributed by atoms with E-state index in [-0.39, 0.29) is 12.3 Å². The number of non-ortho nitro benzene ring substituents is 1. The second kappa shape index (κ2) is 10.9. The first-order valence-corrected chi connectivity index (χ1v) is 11.7. The van der Waals surface area contributed by atoms with E-state index in [4.69, 9.17) is 14.2 Å². The highest BCUT2D eigenvalue weighted by Crippen LogP contribution is 2.36. The zero-order chi connectivity index (χ0) is 25.7. The molecule has 0 atom stereocenters. The van der Waals surface area contributed by atoms with E-state index in [2.05, 4.69) is 32.0 Å². The van der Waals surface area contributed by atoms with Crippen LogP contribution in [-0.2, 0) is 6.61 Å². The van der Waals surface area contributed by atoms with Gasteiger partial charge in [0, 0.05) is 22.7 Å². The molecule has 0 saturated carbocycles. The van der Waals surface area contributed by atoms with E-state index in [1.165, 1.54) is 12.1 Å². The van der Waals surface area contributed by atoms with Gasteiger partial charge < -0.3 is 19.2 Å². The summed E-state index contributed by atoms with van der Waals surface area (Å²) in [4.78, 5) is 18.3.